The van der Waals surface area contributed by atoms with Crippen LogP contribution in [0.3, 0.4) is 0 Å². The maximum atomic E-state index is 12.8. The first-order valence-electron chi connectivity index (χ1n) is 6.11. The molecular weight excluding hydrogens is 305 g/mol. The summed E-state index contributed by atoms with van der Waals surface area (Å²) >= 11 is 5.55. The van der Waals surface area contributed by atoms with E-state index in [-0.39, 0.29) is 16.1 Å². The molecule has 2 amide bonds. The number of carbonyl (C=O) groups is 1. The molecule has 0 radical (unpaired) electrons. The minimum atomic E-state index is -4.60. The van der Waals surface area contributed by atoms with Gasteiger partial charge in [-0.05, 0) is 23.6 Å². The lowest BCUT2D eigenvalue weighted by atomic mass is 9.97. The molecular formula is C14H16ClF3N2O. The van der Waals surface area contributed by atoms with Crippen molar-refractivity contribution in [2.24, 2.45) is 5.41 Å². The van der Waals surface area contributed by atoms with Crippen LogP contribution in [0.5, 0.6) is 0 Å². The number of amides is 2. The molecule has 0 aliphatic rings. The molecule has 0 heterocycles. The number of allylic oxidation sites excluding steroid dienone is 1. The summed E-state index contributed by atoms with van der Waals surface area (Å²) in [6.45, 7) is 5.76. The Morgan fingerprint density at radius 2 is 1.86 bits per heavy atom. The molecule has 21 heavy (non-hydrogen) atoms. The van der Waals surface area contributed by atoms with Crippen LogP contribution >= 0.6 is 11.6 Å². The Kier molecular flexibility index (Phi) is 5.28. The third-order valence-corrected chi connectivity index (χ3v) is 2.57. The van der Waals surface area contributed by atoms with Crippen molar-refractivity contribution in [3.8, 4) is 0 Å². The minimum absolute atomic E-state index is 0.0547. The van der Waals surface area contributed by atoms with Crippen LogP contribution in [0.1, 0.15) is 26.3 Å². The van der Waals surface area contributed by atoms with Gasteiger partial charge in [0.1, 0.15) is 0 Å². The van der Waals surface area contributed by atoms with Crippen molar-refractivity contribution < 1.29 is 18.0 Å². The Balaban J connectivity index is 2.84. The highest BCUT2D eigenvalue weighted by Gasteiger charge is 2.34. The van der Waals surface area contributed by atoms with E-state index in [0.717, 1.165) is 12.1 Å². The fraction of sp³-hybridized carbons (Fsp3) is 0.357. The number of rotatable bonds is 2. The van der Waals surface area contributed by atoms with Gasteiger partial charge in [0.25, 0.3) is 0 Å². The van der Waals surface area contributed by atoms with Crippen LogP contribution < -0.4 is 10.6 Å². The third-order valence-electron chi connectivity index (χ3n) is 2.33. The zero-order valence-corrected chi connectivity index (χ0v) is 12.6. The summed E-state index contributed by atoms with van der Waals surface area (Å²) in [7, 11) is 0. The van der Waals surface area contributed by atoms with Crippen molar-refractivity contribution in [2.45, 2.75) is 26.9 Å². The molecule has 3 nitrogen and oxygen atoms in total. The Hall–Kier alpha value is -1.69. The fourth-order valence-electron chi connectivity index (χ4n) is 1.39. The first-order chi connectivity index (χ1) is 9.49. The Bertz CT molecular complexity index is 548. The van der Waals surface area contributed by atoms with Crippen molar-refractivity contribution >= 4 is 23.3 Å². The molecule has 0 saturated heterocycles. The summed E-state index contributed by atoms with van der Waals surface area (Å²) in [6.07, 6.45) is -1.49. The maximum absolute atomic E-state index is 12.8. The summed E-state index contributed by atoms with van der Waals surface area (Å²) in [5.41, 5.74) is -1.50. The molecule has 2 N–H and O–H groups in total. The van der Waals surface area contributed by atoms with Gasteiger partial charge in [-0.1, -0.05) is 38.4 Å². The second kappa shape index (κ2) is 6.39. The van der Waals surface area contributed by atoms with Gasteiger partial charge in [-0.3, -0.25) is 0 Å². The van der Waals surface area contributed by atoms with Gasteiger partial charge >= 0.3 is 12.2 Å². The molecule has 0 atom stereocenters. The van der Waals surface area contributed by atoms with Gasteiger partial charge < -0.3 is 10.6 Å². The SMILES string of the molecule is CC(C)(C)/C=C/NC(=O)Nc1ccc(Cl)cc1C(F)(F)F. The van der Waals surface area contributed by atoms with Gasteiger partial charge in [-0.15, -0.1) is 0 Å². The van der Waals surface area contributed by atoms with Crippen LogP contribution in [0.2, 0.25) is 5.02 Å². The largest absolute Gasteiger partial charge is 0.418 e. The monoisotopic (exact) mass is 320 g/mol. The first kappa shape index (κ1) is 17.4. The Morgan fingerprint density at radius 1 is 1.24 bits per heavy atom. The van der Waals surface area contributed by atoms with E-state index in [9.17, 15) is 18.0 Å². The molecule has 0 fully saturated rings. The highest BCUT2D eigenvalue weighted by atomic mass is 35.5. The molecule has 0 spiro atoms. The van der Waals surface area contributed by atoms with Gasteiger partial charge in [0.15, 0.2) is 0 Å². The van der Waals surface area contributed by atoms with E-state index in [4.69, 9.17) is 11.6 Å². The number of hydrogen-bond donors (Lipinski definition) is 2. The van der Waals surface area contributed by atoms with Crippen LogP contribution in [0, 0.1) is 5.41 Å². The molecule has 0 aromatic heterocycles. The maximum Gasteiger partial charge on any atom is 0.418 e. The molecule has 0 bridgehead atoms. The van der Waals surface area contributed by atoms with Gasteiger partial charge in [0, 0.05) is 11.2 Å². The van der Waals surface area contributed by atoms with Crippen molar-refractivity contribution in [1.82, 2.24) is 5.32 Å². The van der Waals surface area contributed by atoms with E-state index in [0.29, 0.717) is 0 Å². The molecule has 1 rings (SSSR count). The number of carbonyl (C=O) groups excluding carboxylic acids is 1. The van der Waals surface area contributed by atoms with Crippen LogP contribution in [0.4, 0.5) is 23.7 Å². The van der Waals surface area contributed by atoms with E-state index in [1.165, 1.54) is 12.3 Å². The average Bonchev–Trinajstić information content (AvgIpc) is 2.28. The minimum Gasteiger partial charge on any atom is -0.315 e. The number of alkyl halides is 3. The summed E-state index contributed by atoms with van der Waals surface area (Å²) in [4.78, 5) is 11.6. The van der Waals surface area contributed by atoms with E-state index in [2.05, 4.69) is 10.6 Å². The Labute approximate surface area is 126 Å². The van der Waals surface area contributed by atoms with Crippen LogP contribution in [-0.4, -0.2) is 6.03 Å². The number of halogens is 4. The molecule has 116 valence electrons. The van der Waals surface area contributed by atoms with Crippen LogP contribution in [0.25, 0.3) is 0 Å². The van der Waals surface area contributed by atoms with Crippen LogP contribution in [0.15, 0.2) is 30.5 Å². The standard InChI is InChI=1S/C14H16ClF3N2O/c1-13(2,3)6-7-19-12(21)20-11-5-4-9(15)8-10(11)14(16,17)18/h4-8H,1-3H3,(H2,19,20,21)/b7-6+. The molecule has 0 saturated carbocycles. The van der Waals surface area contributed by atoms with E-state index in [1.54, 1.807) is 6.08 Å². The van der Waals surface area contributed by atoms with Gasteiger partial charge in [0.05, 0.1) is 11.3 Å². The van der Waals surface area contributed by atoms with E-state index in [1.807, 2.05) is 20.8 Å². The lowest BCUT2D eigenvalue weighted by molar-refractivity contribution is -0.136. The highest BCUT2D eigenvalue weighted by molar-refractivity contribution is 6.30. The van der Waals surface area contributed by atoms with Crippen molar-refractivity contribution in [3.63, 3.8) is 0 Å². The molecule has 7 heteroatoms. The van der Waals surface area contributed by atoms with Crippen molar-refractivity contribution in [1.29, 1.82) is 0 Å². The van der Waals surface area contributed by atoms with E-state index < -0.39 is 17.8 Å². The average molecular weight is 321 g/mol. The zero-order valence-electron chi connectivity index (χ0n) is 11.8. The van der Waals surface area contributed by atoms with Crippen molar-refractivity contribution in [2.75, 3.05) is 5.32 Å². The second-order valence-corrected chi connectivity index (χ2v) is 5.92. The topological polar surface area (TPSA) is 41.1 Å². The molecule has 0 aliphatic heterocycles. The molecule has 0 unspecified atom stereocenters. The normalized spacial score (nSPS) is 12.5. The quantitative estimate of drug-likeness (QED) is 0.787. The van der Waals surface area contributed by atoms with Gasteiger partial charge in [-0.25, -0.2) is 4.79 Å². The summed E-state index contributed by atoms with van der Waals surface area (Å²) in [5, 5.41) is 4.45. The van der Waals surface area contributed by atoms with E-state index >= 15 is 0 Å². The van der Waals surface area contributed by atoms with Gasteiger partial charge in [0.2, 0.25) is 0 Å². The second-order valence-electron chi connectivity index (χ2n) is 5.49. The lowest BCUT2D eigenvalue weighted by Crippen LogP contribution is -2.26. The zero-order chi connectivity index (χ0) is 16.3. The molecule has 0 aliphatic carbocycles. The summed E-state index contributed by atoms with van der Waals surface area (Å²) in [6, 6.07) is 2.39. The number of benzene rings is 1. The summed E-state index contributed by atoms with van der Waals surface area (Å²) in [5.74, 6) is 0. The first-order valence-corrected chi connectivity index (χ1v) is 6.49. The smallest absolute Gasteiger partial charge is 0.315 e. The van der Waals surface area contributed by atoms with Gasteiger partial charge in [-0.2, -0.15) is 13.2 Å². The number of urea groups is 1. The predicted octanol–water partition coefficient (Wildman–Crippen LogP) is 5.04. The number of nitrogens with one attached hydrogen (secondary N) is 2. The number of hydrogen-bond acceptors (Lipinski definition) is 1. The van der Waals surface area contributed by atoms with Crippen LogP contribution in [-0.2, 0) is 6.18 Å². The lowest BCUT2D eigenvalue weighted by Gasteiger charge is -2.14. The summed E-state index contributed by atoms with van der Waals surface area (Å²) < 4.78 is 38.5. The highest BCUT2D eigenvalue weighted by Crippen LogP contribution is 2.36. The molecule has 1 aromatic rings. The fourth-order valence-corrected chi connectivity index (χ4v) is 1.56. The molecule has 1 aromatic carbocycles. The Morgan fingerprint density at radius 3 is 2.38 bits per heavy atom. The van der Waals surface area contributed by atoms with Crippen molar-refractivity contribution in [3.05, 3.63) is 41.1 Å². The number of anilines is 1. The third kappa shape index (κ3) is 6.08. The predicted molar refractivity (Wildman–Crippen MR) is 77.2 cm³/mol.